The number of nitrogens with one attached hydrogen (secondary N) is 2. The maximum Gasteiger partial charge on any atom is 0.329 e. The third-order valence-electron chi connectivity index (χ3n) is 2.32. The van der Waals surface area contributed by atoms with Gasteiger partial charge in [0.25, 0.3) is 10.2 Å². The number of ether oxygens (including phenoxy) is 1. The highest BCUT2D eigenvalue weighted by atomic mass is 32.2. The van der Waals surface area contributed by atoms with Gasteiger partial charge in [0, 0.05) is 7.05 Å². The van der Waals surface area contributed by atoms with E-state index < -0.39 is 27.8 Å². The summed E-state index contributed by atoms with van der Waals surface area (Å²) < 4.78 is 32.9. The normalized spacial score (nSPS) is 13.8. The van der Waals surface area contributed by atoms with Crippen molar-refractivity contribution in [3.05, 3.63) is 35.9 Å². The fraction of sp³-hybridized carbons (Fsp3) is 0.462. The molecule has 0 saturated carbocycles. The molecule has 0 fully saturated rings. The lowest BCUT2D eigenvalue weighted by Gasteiger charge is -2.24. The molecule has 20 heavy (non-hydrogen) atoms. The third-order valence-corrected chi connectivity index (χ3v) is 3.40. The molecule has 0 spiro atoms. The zero-order chi connectivity index (χ0) is 15.4. The molecule has 7 heteroatoms. The molecule has 0 amide bonds. The molecule has 1 atom stereocenters. The van der Waals surface area contributed by atoms with Gasteiger partial charge in [0.2, 0.25) is 0 Å². The maximum atomic E-state index is 12.2. The van der Waals surface area contributed by atoms with Gasteiger partial charge in [0.05, 0.1) is 0 Å². The molecule has 0 heterocycles. The van der Waals surface area contributed by atoms with Crippen molar-refractivity contribution in [2.45, 2.75) is 32.4 Å². The summed E-state index contributed by atoms with van der Waals surface area (Å²) in [4.78, 5) is 12.2. The lowest BCUT2D eigenvalue weighted by atomic mass is 10.1. The lowest BCUT2D eigenvalue weighted by Crippen LogP contribution is -2.42. The highest BCUT2D eigenvalue weighted by molar-refractivity contribution is 7.87. The minimum absolute atomic E-state index is 0.514. The highest BCUT2D eigenvalue weighted by Gasteiger charge is 2.29. The van der Waals surface area contributed by atoms with Crippen molar-refractivity contribution in [3.63, 3.8) is 0 Å². The first-order valence-electron chi connectivity index (χ1n) is 6.13. The largest absolute Gasteiger partial charge is 0.459 e. The van der Waals surface area contributed by atoms with Gasteiger partial charge in [-0.15, -0.1) is 0 Å². The van der Waals surface area contributed by atoms with Crippen LogP contribution in [-0.2, 0) is 19.7 Å². The predicted molar refractivity (Wildman–Crippen MR) is 76.1 cm³/mol. The summed E-state index contributed by atoms with van der Waals surface area (Å²) in [7, 11) is -2.50. The Morgan fingerprint density at radius 3 is 2.20 bits per heavy atom. The van der Waals surface area contributed by atoms with Gasteiger partial charge in [-0.2, -0.15) is 13.1 Å². The molecule has 0 aliphatic rings. The van der Waals surface area contributed by atoms with E-state index in [1.54, 1.807) is 51.1 Å². The Labute approximate surface area is 119 Å². The van der Waals surface area contributed by atoms with Crippen LogP contribution in [0.4, 0.5) is 0 Å². The summed E-state index contributed by atoms with van der Waals surface area (Å²) >= 11 is 0. The minimum atomic E-state index is -3.77. The van der Waals surface area contributed by atoms with E-state index in [9.17, 15) is 13.2 Å². The molecule has 0 aromatic heterocycles. The topological polar surface area (TPSA) is 84.5 Å². The molecule has 0 bridgehead atoms. The Balaban J connectivity index is 3.06. The first-order valence-corrected chi connectivity index (χ1v) is 7.61. The second kappa shape index (κ2) is 6.34. The smallest absolute Gasteiger partial charge is 0.329 e. The van der Waals surface area contributed by atoms with Crippen molar-refractivity contribution in [2.75, 3.05) is 7.05 Å². The molecule has 0 radical (unpaired) electrons. The number of esters is 1. The van der Waals surface area contributed by atoms with Crippen molar-refractivity contribution in [1.82, 2.24) is 9.44 Å². The fourth-order valence-corrected chi connectivity index (χ4v) is 2.13. The molecule has 0 aliphatic heterocycles. The predicted octanol–water partition coefficient (Wildman–Crippen LogP) is 1.12. The Bertz CT molecular complexity index is 549. The van der Waals surface area contributed by atoms with Gasteiger partial charge in [-0.1, -0.05) is 30.3 Å². The monoisotopic (exact) mass is 300 g/mol. The summed E-state index contributed by atoms with van der Waals surface area (Å²) in [6.45, 7) is 5.17. The van der Waals surface area contributed by atoms with Gasteiger partial charge in [-0.3, -0.25) is 0 Å². The Kier molecular flexibility index (Phi) is 5.27. The molecule has 0 aliphatic carbocycles. The van der Waals surface area contributed by atoms with Crippen molar-refractivity contribution in [1.29, 1.82) is 0 Å². The first-order chi connectivity index (χ1) is 9.14. The molecule has 6 nitrogen and oxygen atoms in total. The molecule has 0 saturated heterocycles. The summed E-state index contributed by atoms with van der Waals surface area (Å²) in [5, 5.41) is 0. The van der Waals surface area contributed by atoms with E-state index in [4.69, 9.17) is 4.74 Å². The molecule has 2 N–H and O–H groups in total. The maximum absolute atomic E-state index is 12.2. The zero-order valence-electron chi connectivity index (χ0n) is 12.0. The molecular formula is C13H20N2O4S. The molecule has 1 aromatic rings. The van der Waals surface area contributed by atoms with Crippen LogP contribution in [-0.4, -0.2) is 27.0 Å². The van der Waals surface area contributed by atoms with Crippen LogP contribution in [0.15, 0.2) is 30.3 Å². The fourth-order valence-electron chi connectivity index (χ4n) is 1.47. The first kappa shape index (κ1) is 16.6. The van der Waals surface area contributed by atoms with E-state index in [1.807, 2.05) is 0 Å². The third kappa shape index (κ3) is 5.28. The van der Waals surface area contributed by atoms with E-state index in [-0.39, 0.29) is 0 Å². The van der Waals surface area contributed by atoms with Crippen LogP contribution in [0.1, 0.15) is 32.4 Å². The van der Waals surface area contributed by atoms with E-state index in [0.29, 0.717) is 5.56 Å². The van der Waals surface area contributed by atoms with Crippen molar-refractivity contribution in [2.24, 2.45) is 0 Å². The van der Waals surface area contributed by atoms with Crippen molar-refractivity contribution in [3.8, 4) is 0 Å². The van der Waals surface area contributed by atoms with Crippen LogP contribution in [0.5, 0.6) is 0 Å². The lowest BCUT2D eigenvalue weighted by molar-refractivity contribution is -0.157. The number of benzene rings is 1. The number of hydrogen-bond donors (Lipinski definition) is 2. The number of hydrogen-bond acceptors (Lipinski definition) is 4. The van der Waals surface area contributed by atoms with Crippen LogP contribution in [0.3, 0.4) is 0 Å². The van der Waals surface area contributed by atoms with Crippen molar-refractivity contribution < 1.29 is 17.9 Å². The average Bonchev–Trinajstić information content (AvgIpc) is 2.35. The van der Waals surface area contributed by atoms with Gasteiger partial charge in [0.1, 0.15) is 11.6 Å². The standard InChI is InChI=1S/C13H20N2O4S/c1-13(2,3)19-12(16)11(15-20(17,18)14-4)10-8-6-5-7-9-10/h5-9,11,14-15H,1-4H3/t11-/m0/s1. The van der Waals surface area contributed by atoms with Gasteiger partial charge >= 0.3 is 5.97 Å². The van der Waals surface area contributed by atoms with E-state index >= 15 is 0 Å². The van der Waals surface area contributed by atoms with Crippen LogP contribution in [0.2, 0.25) is 0 Å². The quantitative estimate of drug-likeness (QED) is 0.798. The molecule has 1 rings (SSSR count). The van der Waals surface area contributed by atoms with Crippen LogP contribution >= 0.6 is 0 Å². The van der Waals surface area contributed by atoms with E-state index in [0.717, 1.165) is 0 Å². The number of rotatable bonds is 5. The number of carbonyl (C=O) groups excluding carboxylic acids is 1. The summed E-state index contributed by atoms with van der Waals surface area (Å²) in [6.07, 6.45) is 0. The molecule has 112 valence electrons. The highest BCUT2D eigenvalue weighted by Crippen LogP contribution is 2.19. The second-order valence-corrected chi connectivity index (χ2v) is 6.85. The van der Waals surface area contributed by atoms with Gasteiger partial charge in [-0.05, 0) is 26.3 Å². The molecule has 0 unspecified atom stereocenters. The number of carbonyl (C=O) groups is 1. The van der Waals surface area contributed by atoms with Gasteiger partial charge in [0.15, 0.2) is 0 Å². The minimum Gasteiger partial charge on any atom is -0.459 e. The Morgan fingerprint density at radius 1 is 1.20 bits per heavy atom. The van der Waals surface area contributed by atoms with E-state index in [1.165, 1.54) is 7.05 Å². The van der Waals surface area contributed by atoms with Crippen LogP contribution in [0, 0.1) is 0 Å². The molecular weight excluding hydrogens is 280 g/mol. The Morgan fingerprint density at radius 2 is 1.75 bits per heavy atom. The summed E-state index contributed by atoms with van der Waals surface area (Å²) in [5.41, 5.74) is -0.185. The second-order valence-electron chi connectivity index (χ2n) is 5.20. The van der Waals surface area contributed by atoms with Crippen LogP contribution < -0.4 is 9.44 Å². The van der Waals surface area contributed by atoms with Gasteiger partial charge in [-0.25, -0.2) is 9.52 Å². The zero-order valence-corrected chi connectivity index (χ0v) is 12.8. The van der Waals surface area contributed by atoms with Crippen LogP contribution in [0.25, 0.3) is 0 Å². The summed E-state index contributed by atoms with van der Waals surface area (Å²) in [5.74, 6) is -0.650. The summed E-state index contributed by atoms with van der Waals surface area (Å²) in [6, 6.07) is 7.45. The molecule has 1 aromatic carbocycles. The average molecular weight is 300 g/mol. The van der Waals surface area contributed by atoms with E-state index in [2.05, 4.69) is 9.44 Å². The SMILES string of the molecule is CNS(=O)(=O)N[C@H](C(=O)OC(C)(C)C)c1ccccc1. The Hall–Kier alpha value is -1.44. The van der Waals surface area contributed by atoms with Gasteiger partial charge < -0.3 is 4.74 Å². The van der Waals surface area contributed by atoms with Crippen molar-refractivity contribution >= 4 is 16.2 Å².